The van der Waals surface area contributed by atoms with Crippen molar-refractivity contribution < 1.29 is 18.0 Å². The van der Waals surface area contributed by atoms with Gasteiger partial charge in [-0.15, -0.1) is 0 Å². The Morgan fingerprint density at radius 3 is 2.52 bits per heavy atom. The maximum atomic E-state index is 13.0. The summed E-state index contributed by atoms with van der Waals surface area (Å²) in [6, 6.07) is 10.3. The first-order chi connectivity index (χ1) is 14.8. The van der Waals surface area contributed by atoms with Crippen molar-refractivity contribution in [2.75, 3.05) is 26.2 Å². The van der Waals surface area contributed by atoms with Gasteiger partial charge in [-0.05, 0) is 36.2 Å². The molecule has 0 bridgehead atoms. The summed E-state index contributed by atoms with van der Waals surface area (Å²) in [5.41, 5.74) is 0.216. The third kappa shape index (κ3) is 4.61. The molecule has 0 atom stereocenters. The topological polar surface area (TPSA) is 57.9 Å². The Balaban J connectivity index is 1.43. The molecule has 6 nitrogen and oxygen atoms in total. The minimum atomic E-state index is -4.35. The van der Waals surface area contributed by atoms with Gasteiger partial charge < -0.3 is 4.90 Å². The van der Waals surface area contributed by atoms with Gasteiger partial charge in [-0.3, -0.25) is 18.9 Å². The second-order valence-corrected chi connectivity index (χ2v) is 7.52. The number of benzene rings is 1. The van der Waals surface area contributed by atoms with E-state index in [1.54, 1.807) is 29.3 Å². The zero-order valence-corrected chi connectivity index (χ0v) is 16.7. The van der Waals surface area contributed by atoms with Crippen molar-refractivity contribution in [2.45, 2.75) is 19.1 Å². The number of hydrogen-bond acceptors (Lipinski definition) is 4. The normalized spacial score (nSPS) is 15.8. The van der Waals surface area contributed by atoms with Crippen molar-refractivity contribution in [1.29, 1.82) is 0 Å². The molecule has 1 amide bonds. The molecule has 0 N–H and O–H groups in total. The molecule has 1 aromatic carbocycles. The van der Waals surface area contributed by atoms with Gasteiger partial charge in [-0.25, -0.2) is 4.98 Å². The molecule has 1 aliphatic rings. The molecule has 0 aliphatic carbocycles. The minimum Gasteiger partial charge on any atom is -0.337 e. The number of fused-ring (bicyclic) bond motifs is 1. The number of nitrogens with zero attached hydrogens (tertiary/aromatic N) is 4. The summed E-state index contributed by atoms with van der Waals surface area (Å²) in [5.74, 6) is -0.355. The quantitative estimate of drug-likeness (QED) is 0.641. The van der Waals surface area contributed by atoms with Crippen LogP contribution in [0.25, 0.3) is 5.65 Å². The Labute approximate surface area is 176 Å². The van der Waals surface area contributed by atoms with E-state index in [-0.39, 0.29) is 11.5 Å². The average Bonchev–Trinajstić information content (AvgIpc) is 2.99. The van der Waals surface area contributed by atoms with Gasteiger partial charge in [0.05, 0.1) is 5.56 Å². The number of carbonyl (C=O) groups excluding carboxylic acids is 1. The molecule has 31 heavy (non-hydrogen) atoms. The van der Waals surface area contributed by atoms with Crippen LogP contribution >= 0.6 is 0 Å². The van der Waals surface area contributed by atoms with E-state index in [1.165, 1.54) is 22.7 Å². The monoisotopic (exact) mass is 430 g/mol. The standard InChI is InChI=1S/C22H21F3N4O2/c23-22(24,25)17-7-5-16(6-8-17)15-27-9-3-10-28(13-12-27)20(30)18-14-26-19-4-1-2-11-29(19)21(18)31/h1-2,4-8,11,14H,3,9-10,12-13,15H2. The van der Waals surface area contributed by atoms with E-state index in [4.69, 9.17) is 0 Å². The highest BCUT2D eigenvalue weighted by molar-refractivity contribution is 5.93. The molecular weight excluding hydrogens is 409 g/mol. The van der Waals surface area contributed by atoms with Crippen LogP contribution in [-0.2, 0) is 12.7 Å². The minimum absolute atomic E-state index is 0.0277. The second-order valence-electron chi connectivity index (χ2n) is 7.52. The van der Waals surface area contributed by atoms with Crippen LogP contribution in [-0.4, -0.2) is 51.3 Å². The zero-order valence-electron chi connectivity index (χ0n) is 16.7. The van der Waals surface area contributed by atoms with Crippen LogP contribution in [0.15, 0.2) is 59.7 Å². The van der Waals surface area contributed by atoms with Crippen LogP contribution in [0.2, 0.25) is 0 Å². The first-order valence-electron chi connectivity index (χ1n) is 9.97. The summed E-state index contributed by atoms with van der Waals surface area (Å²) < 4.78 is 39.5. The van der Waals surface area contributed by atoms with Gasteiger partial charge in [-0.2, -0.15) is 13.2 Å². The lowest BCUT2D eigenvalue weighted by Gasteiger charge is -2.22. The third-order valence-electron chi connectivity index (χ3n) is 5.41. The van der Waals surface area contributed by atoms with Gasteiger partial charge in [-0.1, -0.05) is 18.2 Å². The molecule has 1 fully saturated rings. The van der Waals surface area contributed by atoms with Crippen LogP contribution in [0.3, 0.4) is 0 Å². The Bertz CT molecular complexity index is 1140. The molecule has 4 rings (SSSR count). The zero-order chi connectivity index (χ0) is 22.0. The van der Waals surface area contributed by atoms with Crippen LogP contribution in [0, 0.1) is 0 Å². The fourth-order valence-electron chi connectivity index (χ4n) is 3.73. The van der Waals surface area contributed by atoms with Crippen molar-refractivity contribution in [3.8, 4) is 0 Å². The number of alkyl halides is 3. The van der Waals surface area contributed by atoms with E-state index in [0.717, 1.165) is 17.7 Å². The van der Waals surface area contributed by atoms with E-state index in [0.29, 0.717) is 44.8 Å². The van der Waals surface area contributed by atoms with Gasteiger partial charge in [0.1, 0.15) is 11.2 Å². The molecule has 0 spiro atoms. The predicted octanol–water partition coefficient (Wildman–Crippen LogP) is 3.06. The summed E-state index contributed by atoms with van der Waals surface area (Å²) in [7, 11) is 0. The second kappa shape index (κ2) is 8.50. The third-order valence-corrected chi connectivity index (χ3v) is 5.41. The highest BCUT2D eigenvalue weighted by atomic mass is 19.4. The van der Waals surface area contributed by atoms with E-state index >= 15 is 0 Å². The van der Waals surface area contributed by atoms with Crippen molar-refractivity contribution in [3.05, 3.63) is 81.9 Å². The van der Waals surface area contributed by atoms with Crippen LogP contribution in [0.1, 0.15) is 27.9 Å². The molecule has 3 heterocycles. The highest BCUT2D eigenvalue weighted by Gasteiger charge is 2.30. The molecule has 162 valence electrons. The highest BCUT2D eigenvalue weighted by Crippen LogP contribution is 2.29. The Morgan fingerprint density at radius 2 is 1.77 bits per heavy atom. The molecule has 3 aromatic rings. The van der Waals surface area contributed by atoms with E-state index < -0.39 is 17.3 Å². The molecular formula is C22H21F3N4O2. The van der Waals surface area contributed by atoms with Crippen molar-refractivity contribution in [3.63, 3.8) is 0 Å². The fourth-order valence-corrected chi connectivity index (χ4v) is 3.73. The lowest BCUT2D eigenvalue weighted by atomic mass is 10.1. The first-order valence-corrected chi connectivity index (χ1v) is 9.97. The summed E-state index contributed by atoms with van der Waals surface area (Å²) in [6.45, 7) is 2.70. The lowest BCUT2D eigenvalue weighted by Crippen LogP contribution is -2.38. The van der Waals surface area contributed by atoms with E-state index in [2.05, 4.69) is 9.88 Å². The maximum Gasteiger partial charge on any atom is 0.416 e. The van der Waals surface area contributed by atoms with Gasteiger partial charge in [0, 0.05) is 45.1 Å². The average molecular weight is 430 g/mol. The maximum absolute atomic E-state index is 13.0. The Hall–Kier alpha value is -3.20. The van der Waals surface area contributed by atoms with Crippen molar-refractivity contribution in [1.82, 2.24) is 19.2 Å². The fraction of sp³-hybridized carbons (Fsp3) is 0.318. The summed E-state index contributed by atoms with van der Waals surface area (Å²) in [6.07, 6.45) is -0.742. The van der Waals surface area contributed by atoms with Crippen LogP contribution < -0.4 is 5.56 Å². The summed E-state index contributed by atoms with van der Waals surface area (Å²) in [4.78, 5) is 33.6. The number of pyridine rings is 1. The number of carbonyl (C=O) groups is 1. The van der Waals surface area contributed by atoms with Crippen LogP contribution in [0.4, 0.5) is 13.2 Å². The number of amides is 1. The number of rotatable bonds is 3. The number of hydrogen-bond donors (Lipinski definition) is 0. The SMILES string of the molecule is O=C(c1cnc2ccccn2c1=O)N1CCCN(Cc2ccc(C(F)(F)F)cc2)CC1. The van der Waals surface area contributed by atoms with Crippen molar-refractivity contribution in [2.24, 2.45) is 0 Å². The number of halogens is 3. The lowest BCUT2D eigenvalue weighted by molar-refractivity contribution is -0.137. The van der Waals surface area contributed by atoms with E-state index in [9.17, 15) is 22.8 Å². The van der Waals surface area contributed by atoms with Gasteiger partial charge in [0.15, 0.2) is 0 Å². The molecule has 0 radical (unpaired) electrons. The van der Waals surface area contributed by atoms with Gasteiger partial charge in [0.2, 0.25) is 0 Å². The molecule has 0 saturated carbocycles. The van der Waals surface area contributed by atoms with Gasteiger partial charge >= 0.3 is 6.18 Å². The molecule has 9 heteroatoms. The van der Waals surface area contributed by atoms with Gasteiger partial charge in [0.25, 0.3) is 11.5 Å². The molecule has 1 aliphatic heterocycles. The van der Waals surface area contributed by atoms with Crippen molar-refractivity contribution >= 4 is 11.6 Å². The summed E-state index contributed by atoms with van der Waals surface area (Å²) in [5, 5.41) is 0. The molecule has 2 aromatic heterocycles. The van der Waals surface area contributed by atoms with Crippen LogP contribution in [0.5, 0.6) is 0 Å². The molecule has 0 unspecified atom stereocenters. The first kappa shape index (κ1) is 21.0. The largest absolute Gasteiger partial charge is 0.416 e. The Kier molecular flexibility index (Phi) is 5.77. The predicted molar refractivity (Wildman–Crippen MR) is 109 cm³/mol. The number of aromatic nitrogens is 2. The summed E-state index contributed by atoms with van der Waals surface area (Å²) >= 11 is 0. The Morgan fingerprint density at radius 1 is 1.00 bits per heavy atom. The molecule has 1 saturated heterocycles. The van der Waals surface area contributed by atoms with E-state index in [1.807, 2.05) is 0 Å². The smallest absolute Gasteiger partial charge is 0.337 e.